The molecule has 60 heavy (non-hydrogen) atoms. The summed E-state index contributed by atoms with van der Waals surface area (Å²) in [4.78, 5) is 2.26. The Morgan fingerprint density at radius 3 is 1.10 bits per heavy atom. The molecule has 0 saturated heterocycles. The molecule has 2 aliphatic rings. The van der Waals surface area contributed by atoms with E-state index in [9.17, 15) is 0 Å². The molecule has 0 N–H and O–H groups in total. The van der Waals surface area contributed by atoms with Gasteiger partial charge in [0.1, 0.15) is 23.0 Å². The highest BCUT2D eigenvalue weighted by Gasteiger charge is 2.41. The summed E-state index contributed by atoms with van der Waals surface area (Å²) in [5.74, 6) is 3.24. The Morgan fingerprint density at radius 2 is 0.700 bits per heavy atom. The van der Waals surface area contributed by atoms with Gasteiger partial charge in [-0.25, -0.2) is 0 Å². The van der Waals surface area contributed by atoms with E-state index in [-0.39, 0.29) is 6.71 Å². The predicted octanol–water partition coefficient (Wildman–Crippen LogP) is 12.1. The highest BCUT2D eigenvalue weighted by atomic mass is 16.5. The fourth-order valence-electron chi connectivity index (χ4n) is 9.87. The summed E-state index contributed by atoms with van der Waals surface area (Å²) in [7, 11) is 0. The summed E-state index contributed by atoms with van der Waals surface area (Å²) in [6.45, 7) is -0.167. The number of para-hydroxylation sites is 6. The minimum atomic E-state index is -0.167. The standard InChI is InChI=1S/C54H34BN3O2/c1-3-15-35(16-4-1)56(36-17-5-2-6-18-36)39-33-52-54-53(34-39)60-51-30-28-38(58-48-25-13-9-21-42(48)43-22-10-14-26-49(43)58)32-45(51)55(54)44-31-37(27-29-50(44)59-52)57-46-23-11-7-19-40(46)41-20-8-12-24-47(41)57/h1-34H. The van der Waals surface area contributed by atoms with Gasteiger partial charge in [-0.05, 0) is 95.9 Å². The molecule has 2 aliphatic heterocycles. The van der Waals surface area contributed by atoms with E-state index >= 15 is 0 Å². The summed E-state index contributed by atoms with van der Waals surface area (Å²) in [5.41, 5.74) is 13.1. The maximum atomic E-state index is 7.05. The lowest BCUT2D eigenvalue weighted by Crippen LogP contribution is -2.57. The van der Waals surface area contributed by atoms with E-state index in [1.165, 1.54) is 43.6 Å². The van der Waals surface area contributed by atoms with Crippen molar-refractivity contribution in [3.05, 3.63) is 206 Å². The quantitative estimate of drug-likeness (QED) is 0.164. The van der Waals surface area contributed by atoms with Gasteiger partial charge in [-0.15, -0.1) is 0 Å². The van der Waals surface area contributed by atoms with E-state index in [4.69, 9.17) is 9.47 Å². The van der Waals surface area contributed by atoms with Crippen LogP contribution in [0.15, 0.2) is 206 Å². The number of fused-ring (bicyclic) bond motifs is 10. The summed E-state index contributed by atoms with van der Waals surface area (Å²) in [5, 5.41) is 4.93. The van der Waals surface area contributed by atoms with Crippen LogP contribution in [0, 0.1) is 0 Å². The molecule has 0 radical (unpaired) electrons. The van der Waals surface area contributed by atoms with E-state index in [0.717, 1.165) is 67.8 Å². The topological polar surface area (TPSA) is 31.6 Å². The summed E-state index contributed by atoms with van der Waals surface area (Å²) in [6, 6.07) is 73.4. The maximum absolute atomic E-state index is 7.05. The number of nitrogens with zero attached hydrogens (tertiary/aromatic N) is 3. The first kappa shape index (κ1) is 33.1. The van der Waals surface area contributed by atoms with Gasteiger partial charge < -0.3 is 23.5 Å². The Kier molecular flexibility index (Phi) is 7.04. The van der Waals surface area contributed by atoms with Crippen molar-refractivity contribution in [3.63, 3.8) is 0 Å². The monoisotopic (exact) mass is 767 g/mol. The van der Waals surface area contributed by atoms with Crippen molar-refractivity contribution >= 4 is 83.8 Å². The fraction of sp³-hybridized carbons (Fsp3) is 0. The Hall–Kier alpha value is -7.96. The first-order valence-corrected chi connectivity index (χ1v) is 20.5. The molecule has 0 atom stereocenters. The molecule has 280 valence electrons. The van der Waals surface area contributed by atoms with Gasteiger partial charge in [-0.2, -0.15) is 0 Å². The normalized spacial score (nSPS) is 12.6. The van der Waals surface area contributed by atoms with Gasteiger partial charge in [-0.3, -0.25) is 0 Å². The third-order valence-electron chi connectivity index (χ3n) is 12.4. The molecule has 0 amide bonds. The van der Waals surface area contributed by atoms with Crippen LogP contribution >= 0.6 is 0 Å². The lowest BCUT2D eigenvalue weighted by molar-refractivity contribution is 0.464. The minimum absolute atomic E-state index is 0.167. The van der Waals surface area contributed by atoms with Gasteiger partial charge in [0.2, 0.25) is 0 Å². The first-order valence-electron chi connectivity index (χ1n) is 20.5. The second-order valence-corrected chi connectivity index (χ2v) is 15.7. The molecule has 2 aromatic heterocycles. The van der Waals surface area contributed by atoms with Crippen LogP contribution in [-0.4, -0.2) is 15.8 Å². The molecule has 0 unspecified atom stereocenters. The van der Waals surface area contributed by atoms with Crippen molar-refractivity contribution in [3.8, 4) is 34.4 Å². The number of aromatic nitrogens is 2. The molecule has 5 nitrogen and oxygen atoms in total. The average Bonchev–Trinajstić information content (AvgIpc) is 3.83. The van der Waals surface area contributed by atoms with Gasteiger partial charge in [0.05, 0.1) is 27.8 Å². The van der Waals surface area contributed by atoms with Gasteiger partial charge >= 0.3 is 0 Å². The lowest BCUT2D eigenvalue weighted by Gasteiger charge is -2.35. The molecule has 0 saturated carbocycles. The smallest absolute Gasteiger partial charge is 0.260 e. The zero-order valence-corrected chi connectivity index (χ0v) is 32.4. The number of rotatable bonds is 5. The second-order valence-electron chi connectivity index (χ2n) is 15.7. The van der Waals surface area contributed by atoms with Crippen LogP contribution in [0.1, 0.15) is 0 Å². The van der Waals surface area contributed by atoms with Crippen molar-refractivity contribution < 1.29 is 9.47 Å². The van der Waals surface area contributed by atoms with Crippen LogP contribution in [0.4, 0.5) is 17.1 Å². The van der Waals surface area contributed by atoms with Crippen LogP contribution in [-0.2, 0) is 0 Å². The van der Waals surface area contributed by atoms with Crippen molar-refractivity contribution in [2.45, 2.75) is 0 Å². The average molecular weight is 768 g/mol. The minimum Gasteiger partial charge on any atom is -0.458 e. The number of hydrogen-bond donors (Lipinski definition) is 0. The predicted molar refractivity (Wildman–Crippen MR) is 247 cm³/mol. The molecule has 4 heterocycles. The molecule has 0 fully saturated rings. The zero-order chi connectivity index (χ0) is 39.3. The van der Waals surface area contributed by atoms with Crippen LogP contribution in [0.5, 0.6) is 23.0 Å². The molecule has 11 aromatic rings. The number of benzene rings is 9. The molecule has 0 aliphatic carbocycles. The lowest BCUT2D eigenvalue weighted by atomic mass is 9.34. The van der Waals surface area contributed by atoms with E-state index in [2.05, 4.69) is 220 Å². The van der Waals surface area contributed by atoms with Gasteiger partial charge in [0.25, 0.3) is 6.71 Å². The third kappa shape index (κ3) is 4.82. The van der Waals surface area contributed by atoms with Crippen LogP contribution in [0.2, 0.25) is 0 Å². The SMILES string of the molecule is c1ccc(N(c2ccccc2)c2cc3c4c(c2)Oc2ccc(-n5c6ccccc6c6ccccc65)cc2B4c2cc(-n4c5ccccc5c5ccccc54)ccc2O3)cc1. The van der Waals surface area contributed by atoms with Crippen LogP contribution in [0.3, 0.4) is 0 Å². The third-order valence-corrected chi connectivity index (χ3v) is 12.4. The largest absolute Gasteiger partial charge is 0.458 e. The van der Waals surface area contributed by atoms with E-state index in [0.29, 0.717) is 0 Å². The number of hydrogen-bond acceptors (Lipinski definition) is 3. The second kappa shape index (κ2) is 12.8. The van der Waals surface area contributed by atoms with E-state index in [1.807, 2.05) is 0 Å². The summed E-state index contributed by atoms with van der Waals surface area (Å²) in [6.07, 6.45) is 0. The number of anilines is 3. The van der Waals surface area contributed by atoms with Gasteiger partial charge in [0.15, 0.2) is 0 Å². The Labute approximate surface area is 346 Å². The maximum Gasteiger partial charge on any atom is 0.260 e. The van der Waals surface area contributed by atoms with Crippen molar-refractivity contribution in [1.29, 1.82) is 0 Å². The highest BCUT2D eigenvalue weighted by Crippen LogP contribution is 2.43. The zero-order valence-electron chi connectivity index (χ0n) is 32.4. The molecule has 13 rings (SSSR count). The summed E-state index contributed by atoms with van der Waals surface area (Å²) >= 11 is 0. The first-order chi connectivity index (χ1) is 29.8. The van der Waals surface area contributed by atoms with Crippen LogP contribution < -0.4 is 30.8 Å². The molecular weight excluding hydrogens is 733 g/mol. The van der Waals surface area contributed by atoms with Crippen molar-refractivity contribution in [2.24, 2.45) is 0 Å². The molecular formula is C54H34BN3O2. The van der Waals surface area contributed by atoms with Crippen molar-refractivity contribution in [2.75, 3.05) is 4.90 Å². The molecule has 6 heteroatoms. The summed E-state index contributed by atoms with van der Waals surface area (Å²) < 4.78 is 18.9. The number of ether oxygens (including phenoxy) is 2. The Bertz CT molecular complexity index is 3180. The molecule has 0 bridgehead atoms. The van der Waals surface area contributed by atoms with Crippen LogP contribution in [0.25, 0.3) is 55.0 Å². The van der Waals surface area contributed by atoms with E-state index in [1.54, 1.807) is 0 Å². The molecule has 9 aromatic carbocycles. The van der Waals surface area contributed by atoms with Crippen molar-refractivity contribution in [1.82, 2.24) is 9.13 Å². The Balaban J connectivity index is 1.05. The van der Waals surface area contributed by atoms with Gasteiger partial charge in [-0.1, -0.05) is 109 Å². The van der Waals surface area contributed by atoms with E-state index < -0.39 is 0 Å². The molecule has 0 spiro atoms. The highest BCUT2D eigenvalue weighted by molar-refractivity contribution is 6.98. The van der Waals surface area contributed by atoms with Gasteiger partial charge in [0, 0.05) is 61.9 Å². The Morgan fingerprint density at radius 1 is 0.333 bits per heavy atom. The fourth-order valence-corrected chi connectivity index (χ4v) is 9.87.